The van der Waals surface area contributed by atoms with Gasteiger partial charge in [0.2, 0.25) is 23.6 Å². The van der Waals surface area contributed by atoms with Crippen molar-refractivity contribution in [3.63, 3.8) is 0 Å². The summed E-state index contributed by atoms with van der Waals surface area (Å²) in [7, 11) is 1.72. The molecule has 49 heavy (non-hydrogen) atoms. The van der Waals surface area contributed by atoms with Crippen LogP contribution < -0.4 is 4.90 Å². The van der Waals surface area contributed by atoms with E-state index in [9.17, 15) is 24.3 Å². The third kappa shape index (κ3) is 4.50. The number of phenols is 1. The van der Waals surface area contributed by atoms with Gasteiger partial charge in [0.15, 0.2) is 0 Å². The highest BCUT2D eigenvalue weighted by Crippen LogP contribution is 2.64. The predicted octanol–water partition coefficient (Wildman–Crippen LogP) is 7.37. The minimum atomic E-state index is -1.28. The van der Waals surface area contributed by atoms with Crippen LogP contribution in [0.25, 0.3) is 20.7 Å². The molecule has 0 unspecified atom stereocenters. The molecule has 3 fully saturated rings. The molecule has 2 aliphatic heterocycles. The van der Waals surface area contributed by atoms with Crippen LogP contribution in [-0.4, -0.2) is 50.0 Å². The minimum Gasteiger partial charge on any atom is -0.508 e. The van der Waals surface area contributed by atoms with E-state index >= 15 is 0 Å². The minimum absolute atomic E-state index is 0.000131. The van der Waals surface area contributed by atoms with Gasteiger partial charge >= 0.3 is 0 Å². The molecule has 2 saturated heterocycles. The van der Waals surface area contributed by atoms with Crippen LogP contribution in [0.5, 0.6) is 5.75 Å². The number of anilines is 1. The number of hydrogen-bond donors (Lipinski definition) is 1. The van der Waals surface area contributed by atoms with Crippen LogP contribution in [0.15, 0.2) is 58.6 Å². The molecule has 2 aromatic carbocycles. The average Bonchev–Trinajstić information content (AvgIpc) is 3.73. The fraction of sp³-hybridized carbons (Fsp3) is 0.378. The number of aromatic hydroxyl groups is 1. The van der Waals surface area contributed by atoms with E-state index < -0.39 is 35.0 Å². The lowest BCUT2D eigenvalue weighted by molar-refractivity contribution is -0.140. The Morgan fingerprint density at radius 2 is 1.84 bits per heavy atom. The van der Waals surface area contributed by atoms with Gasteiger partial charge in [0.05, 0.1) is 28.0 Å². The van der Waals surface area contributed by atoms with Crippen molar-refractivity contribution in [3.05, 3.63) is 74.7 Å². The van der Waals surface area contributed by atoms with Gasteiger partial charge in [-0.15, -0.1) is 11.3 Å². The van der Waals surface area contributed by atoms with E-state index in [0.29, 0.717) is 46.0 Å². The summed E-state index contributed by atoms with van der Waals surface area (Å²) in [6.45, 7) is 6.11. The summed E-state index contributed by atoms with van der Waals surface area (Å²) in [6, 6.07) is 12.6. The Bertz CT molecular complexity index is 2170. The van der Waals surface area contributed by atoms with Crippen molar-refractivity contribution in [2.75, 3.05) is 11.4 Å². The number of likely N-dealkylation sites (tertiary alicyclic amines) is 1. The van der Waals surface area contributed by atoms with Crippen molar-refractivity contribution in [1.82, 2.24) is 14.7 Å². The van der Waals surface area contributed by atoms with Gasteiger partial charge in [-0.3, -0.25) is 28.8 Å². The number of allylic oxidation sites excluding steroid dienone is 2. The third-order valence-electron chi connectivity index (χ3n) is 11.3. The van der Waals surface area contributed by atoms with Crippen molar-refractivity contribution in [2.45, 2.75) is 46.0 Å². The van der Waals surface area contributed by atoms with Gasteiger partial charge in [0.25, 0.3) is 0 Å². The standard InChI is InChI=1S/C37H34BrClN4O5S/c1-5-12-42-33(45)21-9-8-20-23(30(21)35(42)47)15-25-34(46)43(36(48)37(25,3)31(20)24-13-18(38)6-10-27(24)44)29-16-26(40-41(29)4)32-17(2)22-14-19(39)7-11-28(22)49-32/h6-8,10-11,13-14,16,21,23,25,30-31,44H,5,9,12,15H2,1-4H3/t21-,23+,25-,30-,31+,37+/m0/s1. The Morgan fingerprint density at radius 1 is 1.06 bits per heavy atom. The molecule has 4 aromatic rings. The first-order valence-corrected chi connectivity index (χ1v) is 18.5. The number of imide groups is 2. The van der Waals surface area contributed by atoms with E-state index in [2.05, 4.69) is 15.9 Å². The van der Waals surface area contributed by atoms with Crippen LogP contribution in [0.4, 0.5) is 5.82 Å². The molecule has 12 heteroatoms. The van der Waals surface area contributed by atoms with Crippen molar-refractivity contribution in [3.8, 4) is 16.3 Å². The van der Waals surface area contributed by atoms with Crippen LogP contribution in [0.2, 0.25) is 5.02 Å². The molecule has 0 bridgehead atoms. The molecule has 1 saturated carbocycles. The molecule has 8 rings (SSSR count). The highest BCUT2D eigenvalue weighted by atomic mass is 79.9. The number of aromatic nitrogens is 2. The monoisotopic (exact) mass is 760 g/mol. The van der Waals surface area contributed by atoms with E-state index in [1.54, 1.807) is 47.3 Å². The summed E-state index contributed by atoms with van der Waals surface area (Å²) >= 11 is 11.4. The number of nitrogens with zero attached hydrogens (tertiary/aromatic N) is 4. The van der Waals surface area contributed by atoms with Gasteiger partial charge in [-0.1, -0.05) is 46.1 Å². The second-order valence-corrected chi connectivity index (χ2v) is 16.3. The van der Waals surface area contributed by atoms with E-state index in [1.807, 2.05) is 45.0 Å². The van der Waals surface area contributed by atoms with Crippen molar-refractivity contribution >= 4 is 78.4 Å². The topological polar surface area (TPSA) is 113 Å². The fourth-order valence-electron chi connectivity index (χ4n) is 9.06. The lowest BCUT2D eigenvalue weighted by Crippen LogP contribution is -2.49. The molecule has 1 N–H and O–H groups in total. The van der Waals surface area contributed by atoms with Gasteiger partial charge in [0.1, 0.15) is 17.3 Å². The summed E-state index contributed by atoms with van der Waals surface area (Å²) < 4.78 is 3.33. The number of halogens is 2. The smallest absolute Gasteiger partial charge is 0.242 e. The molecule has 2 aromatic heterocycles. The number of amides is 4. The normalized spacial score (nSPS) is 28.0. The largest absolute Gasteiger partial charge is 0.508 e. The summed E-state index contributed by atoms with van der Waals surface area (Å²) in [5.41, 5.74) is 1.70. The van der Waals surface area contributed by atoms with E-state index in [4.69, 9.17) is 16.7 Å². The van der Waals surface area contributed by atoms with Gasteiger partial charge in [-0.05, 0) is 86.4 Å². The predicted molar refractivity (Wildman–Crippen MR) is 191 cm³/mol. The zero-order chi connectivity index (χ0) is 34.7. The number of thiophene rings is 1. The zero-order valence-electron chi connectivity index (χ0n) is 27.4. The van der Waals surface area contributed by atoms with Crippen molar-refractivity contribution in [2.24, 2.45) is 36.1 Å². The highest BCUT2D eigenvalue weighted by Gasteiger charge is 2.68. The molecular weight excluding hydrogens is 728 g/mol. The summed E-state index contributed by atoms with van der Waals surface area (Å²) in [4.78, 5) is 60.6. The summed E-state index contributed by atoms with van der Waals surface area (Å²) in [5.74, 6) is -3.86. The number of fused-ring (bicyclic) bond motifs is 5. The van der Waals surface area contributed by atoms with Crippen LogP contribution in [0.1, 0.15) is 50.2 Å². The van der Waals surface area contributed by atoms with E-state index in [-0.39, 0.29) is 35.8 Å². The van der Waals surface area contributed by atoms with Crippen LogP contribution >= 0.6 is 38.9 Å². The molecule has 252 valence electrons. The maximum Gasteiger partial charge on any atom is 0.242 e. The molecule has 6 atom stereocenters. The Balaban J connectivity index is 1.26. The molecule has 9 nitrogen and oxygen atoms in total. The van der Waals surface area contributed by atoms with Gasteiger partial charge in [-0.25, -0.2) is 4.90 Å². The highest BCUT2D eigenvalue weighted by molar-refractivity contribution is 9.10. The Labute approximate surface area is 300 Å². The second-order valence-electron chi connectivity index (χ2n) is 13.9. The zero-order valence-corrected chi connectivity index (χ0v) is 30.5. The number of phenolic OH excluding ortho intramolecular Hbond substituents is 1. The molecule has 4 aliphatic rings. The SMILES string of the molecule is CCCN1C(=O)[C@H]2[C@H](CC=C3[C@H]2C[C@H]2C(=O)N(c4cc(-c5sc6ccc(Cl)cc6c5C)nn4C)C(=O)[C@@]2(C)[C@H]3c2cc(Br)ccc2O)C1=O. The molecular formula is C37H34BrClN4O5S. The first-order chi connectivity index (χ1) is 23.4. The fourth-order valence-corrected chi connectivity index (χ4v) is 10.8. The molecule has 4 amide bonds. The average molecular weight is 762 g/mol. The first kappa shape index (κ1) is 32.4. The van der Waals surface area contributed by atoms with Crippen LogP contribution in [0, 0.1) is 36.0 Å². The number of carbonyl (C=O) groups excluding carboxylic acids is 4. The Hall–Kier alpha value is -3.80. The number of hydrogen-bond acceptors (Lipinski definition) is 7. The van der Waals surface area contributed by atoms with Gasteiger partial charge in [0, 0.05) is 45.3 Å². The lowest BCUT2D eigenvalue weighted by atomic mass is 9.51. The van der Waals surface area contributed by atoms with E-state index in [0.717, 1.165) is 26.1 Å². The number of rotatable bonds is 5. The summed E-state index contributed by atoms with van der Waals surface area (Å²) in [5, 5.41) is 17.7. The molecule has 2 aliphatic carbocycles. The number of aryl methyl sites for hydroxylation is 2. The Morgan fingerprint density at radius 3 is 2.59 bits per heavy atom. The van der Waals surface area contributed by atoms with Gasteiger partial charge < -0.3 is 5.11 Å². The lowest BCUT2D eigenvalue weighted by Gasteiger charge is -2.49. The third-order valence-corrected chi connectivity index (χ3v) is 13.4. The number of benzene rings is 2. The second kappa shape index (κ2) is 11.4. The van der Waals surface area contributed by atoms with Crippen molar-refractivity contribution in [1.29, 1.82) is 0 Å². The van der Waals surface area contributed by atoms with Crippen LogP contribution in [-0.2, 0) is 26.2 Å². The maximum atomic E-state index is 15.0. The maximum absolute atomic E-state index is 15.0. The Kier molecular flexibility index (Phi) is 7.52. The van der Waals surface area contributed by atoms with E-state index in [1.165, 1.54) is 9.80 Å². The molecule has 4 heterocycles. The number of carbonyl (C=O) groups is 4. The quantitative estimate of drug-likeness (QED) is 0.168. The molecule has 0 radical (unpaired) electrons. The first-order valence-electron chi connectivity index (χ1n) is 16.5. The van der Waals surface area contributed by atoms with Gasteiger partial charge in [-0.2, -0.15) is 5.10 Å². The molecule has 0 spiro atoms. The van der Waals surface area contributed by atoms with Crippen LogP contribution in [0.3, 0.4) is 0 Å². The van der Waals surface area contributed by atoms with Crippen molar-refractivity contribution < 1.29 is 24.3 Å². The summed E-state index contributed by atoms with van der Waals surface area (Å²) in [6.07, 6.45) is 3.26.